The average Bonchev–Trinajstić information content (AvgIpc) is 3.00. The standard InChI is InChI=1S/C30H48O11SSi/c1-6-38-27(31)16-18-29(33)40-21-11-8-9-14-26(20-24-42-23-13-25-43(35-3,36-4)37-5)15-10-12-22-41-30(34)19-17-28(32)39-7-2/h8,10-12,16-19,26H,6-7,9,13-15,20-25H2,1-5H3/b11-8+,12-10+,18-16+,19-17+. The third kappa shape index (κ3) is 22.5. The van der Waals surface area contributed by atoms with E-state index >= 15 is 0 Å². The van der Waals surface area contributed by atoms with Crippen molar-refractivity contribution in [3.05, 3.63) is 48.6 Å². The second kappa shape index (κ2) is 26.9. The van der Waals surface area contributed by atoms with Gasteiger partial charge in [-0.05, 0) is 63.4 Å². The Morgan fingerprint density at radius 1 is 0.651 bits per heavy atom. The molecule has 0 aromatic carbocycles. The Labute approximate surface area is 261 Å². The van der Waals surface area contributed by atoms with Gasteiger partial charge >= 0.3 is 32.7 Å². The van der Waals surface area contributed by atoms with Crippen LogP contribution < -0.4 is 0 Å². The number of thioether (sulfide) groups is 1. The minimum Gasteiger partial charge on any atom is -0.463 e. The Morgan fingerprint density at radius 3 is 1.63 bits per heavy atom. The minimum absolute atomic E-state index is 0.105. The van der Waals surface area contributed by atoms with E-state index in [2.05, 4.69) is 0 Å². The Hall–Kier alpha value is -2.71. The van der Waals surface area contributed by atoms with Crippen molar-refractivity contribution in [1.82, 2.24) is 0 Å². The van der Waals surface area contributed by atoms with Crippen LogP contribution >= 0.6 is 11.8 Å². The predicted molar refractivity (Wildman–Crippen MR) is 167 cm³/mol. The molecule has 0 bridgehead atoms. The monoisotopic (exact) mass is 644 g/mol. The fraction of sp³-hybridized carbons (Fsp3) is 0.600. The summed E-state index contributed by atoms with van der Waals surface area (Å²) in [6.07, 6.45) is 16.2. The van der Waals surface area contributed by atoms with E-state index in [0.717, 1.165) is 74.0 Å². The van der Waals surface area contributed by atoms with Crippen molar-refractivity contribution in [2.75, 3.05) is 59.3 Å². The fourth-order valence-corrected chi connectivity index (χ4v) is 6.59. The molecule has 0 saturated carbocycles. The molecule has 1 unspecified atom stereocenters. The van der Waals surface area contributed by atoms with Gasteiger partial charge < -0.3 is 32.2 Å². The predicted octanol–water partition coefficient (Wildman–Crippen LogP) is 4.60. The third-order valence-electron chi connectivity index (χ3n) is 5.85. The van der Waals surface area contributed by atoms with Gasteiger partial charge in [-0.25, -0.2) is 19.2 Å². The van der Waals surface area contributed by atoms with Crippen LogP contribution in [-0.4, -0.2) is 91.9 Å². The summed E-state index contributed by atoms with van der Waals surface area (Å²) in [7, 11) is 2.31. The number of hydrogen-bond acceptors (Lipinski definition) is 12. The average molecular weight is 645 g/mol. The lowest BCUT2D eigenvalue weighted by Gasteiger charge is -2.24. The number of rotatable bonds is 25. The van der Waals surface area contributed by atoms with Crippen molar-refractivity contribution < 1.29 is 51.4 Å². The molecule has 0 spiro atoms. The maximum absolute atomic E-state index is 11.7. The van der Waals surface area contributed by atoms with E-state index in [-0.39, 0.29) is 26.4 Å². The van der Waals surface area contributed by atoms with Gasteiger partial charge in [0.1, 0.15) is 13.2 Å². The Balaban J connectivity index is 4.67. The Kier molecular flexibility index (Phi) is 25.2. The molecular formula is C30H48O11SSi. The third-order valence-corrected chi connectivity index (χ3v) is 9.78. The van der Waals surface area contributed by atoms with Crippen LogP contribution in [0, 0.1) is 5.92 Å². The topological polar surface area (TPSA) is 133 Å². The molecule has 11 nitrogen and oxygen atoms in total. The lowest BCUT2D eigenvalue weighted by atomic mass is 9.96. The molecule has 0 saturated heterocycles. The molecule has 0 radical (unpaired) electrons. The molecule has 0 aromatic heterocycles. The second-order valence-electron chi connectivity index (χ2n) is 8.85. The highest BCUT2D eigenvalue weighted by Crippen LogP contribution is 2.22. The molecule has 0 amide bonds. The van der Waals surface area contributed by atoms with Gasteiger partial charge in [-0.15, -0.1) is 0 Å². The lowest BCUT2D eigenvalue weighted by molar-refractivity contribution is -0.139. The first kappa shape index (κ1) is 40.3. The summed E-state index contributed by atoms with van der Waals surface area (Å²) in [6.45, 7) is 4.05. The first-order valence-electron chi connectivity index (χ1n) is 14.3. The number of carbonyl (C=O) groups is 4. The molecule has 0 N–H and O–H groups in total. The first-order valence-corrected chi connectivity index (χ1v) is 17.4. The van der Waals surface area contributed by atoms with Gasteiger partial charge in [0.15, 0.2) is 0 Å². The molecule has 0 heterocycles. The molecule has 0 aliphatic rings. The zero-order valence-electron chi connectivity index (χ0n) is 26.1. The van der Waals surface area contributed by atoms with Crippen molar-refractivity contribution in [2.24, 2.45) is 5.92 Å². The molecule has 0 aliphatic heterocycles. The maximum atomic E-state index is 11.7. The van der Waals surface area contributed by atoms with Gasteiger partial charge in [0.05, 0.1) is 13.2 Å². The summed E-state index contributed by atoms with van der Waals surface area (Å²) in [5, 5.41) is 0. The van der Waals surface area contributed by atoms with E-state index < -0.39 is 32.7 Å². The van der Waals surface area contributed by atoms with Crippen LogP contribution in [0.4, 0.5) is 0 Å². The summed E-state index contributed by atoms with van der Waals surface area (Å²) >= 11 is 1.87. The van der Waals surface area contributed by atoms with E-state index in [4.69, 9.17) is 32.2 Å². The summed E-state index contributed by atoms with van der Waals surface area (Å²) in [4.78, 5) is 45.9. The number of hydrogen-bond donors (Lipinski definition) is 0. The number of ether oxygens (including phenoxy) is 4. The largest absolute Gasteiger partial charge is 0.500 e. The molecule has 0 aromatic rings. The summed E-state index contributed by atoms with van der Waals surface area (Å²) in [5.41, 5.74) is 0. The normalized spacial score (nSPS) is 12.8. The van der Waals surface area contributed by atoms with Crippen LogP contribution in [0.1, 0.15) is 46.0 Å². The molecule has 1 atom stereocenters. The van der Waals surface area contributed by atoms with Crippen LogP contribution in [0.2, 0.25) is 6.04 Å². The molecule has 0 rings (SSSR count). The van der Waals surface area contributed by atoms with Crippen LogP contribution in [0.5, 0.6) is 0 Å². The van der Waals surface area contributed by atoms with E-state index in [1.165, 1.54) is 0 Å². The van der Waals surface area contributed by atoms with Crippen molar-refractivity contribution in [2.45, 2.75) is 52.0 Å². The number of esters is 4. The van der Waals surface area contributed by atoms with Gasteiger partial charge in [-0.3, -0.25) is 0 Å². The maximum Gasteiger partial charge on any atom is 0.500 e. The zero-order chi connectivity index (χ0) is 32.2. The van der Waals surface area contributed by atoms with Crippen molar-refractivity contribution in [3.63, 3.8) is 0 Å². The molecule has 0 fully saturated rings. The van der Waals surface area contributed by atoms with Gasteiger partial charge in [-0.1, -0.05) is 24.3 Å². The molecular weight excluding hydrogens is 596 g/mol. The van der Waals surface area contributed by atoms with E-state index in [1.54, 1.807) is 47.3 Å². The van der Waals surface area contributed by atoms with Crippen molar-refractivity contribution >= 4 is 44.4 Å². The quantitative estimate of drug-likeness (QED) is 0.0343. The number of carbonyl (C=O) groups excluding carboxylic acids is 4. The van der Waals surface area contributed by atoms with Gasteiger partial charge in [-0.2, -0.15) is 11.8 Å². The van der Waals surface area contributed by atoms with E-state index in [9.17, 15) is 19.2 Å². The summed E-state index contributed by atoms with van der Waals surface area (Å²) in [6, 6.07) is 0.761. The highest BCUT2D eigenvalue weighted by molar-refractivity contribution is 7.99. The SMILES string of the molecule is CCOC(=O)/C=C/C(=O)OC/C=C/CCC(C/C=C/COC(=O)/C=C/C(=O)OCC)CCSCCC[Si](OC)(OC)OC. The van der Waals surface area contributed by atoms with E-state index in [1.807, 2.05) is 23.9 Å². The first-order chi connectivity index (χ1) is 20.7. The number of allylic oxidation sites excluding steroid dienone is 2. The van der Waals surface area contributed by atoms with Gasteiger partial charge in [0, 0.05) is 51.7 Å². The molecule has 0 aliphatic carbocycles. The lowest BCUT2D eigenvalue weighted by Crippen LogP contribution is -2.42. The minimum atomic E-state index is -2.55. The van der Waals surface area contributed by atoms with Crippen LogP contribution in [0.25, 0.3) is 0 Å². The summed E-state index contributed by atoms with van der Waals surface area (Å²) in [5.74, 6) is -0.0569. The zero-order valence-corrected chi connectivity index (χ0v) is 27.9. The summed E-state index contributed by atoms with van der Waals surface area (Å²) < 4.78 is 36.0. The van der Waals surface area contributed by atoms with Crippen molar-refractivity contribution in [1.29, 1.82) is 0 Å². The fourth-order valence-electron chi connectivity index (χ4n) is 3.56. The Morgan fingerprint density at radius 2 is 1.14 bits per heavy atom. The van der Waals surface area contributed by atoms with Gasteiger partial charge in [0.25, 0.3) is 0 Å². The smallest absolute Gasteiger partial charge is 0.463 e. The molecule has 13 heteroatoms. The molecule has 244 valence electrons. The van der Waals surface area contributed by atoms with Gasteiger partial charge in [0.2, 0.25) is 0 Å². The van der Waals surface area contributed by atoms with Crippen LogP contribution in [-0.2, 0) is 51.4 Å². The van der Waals surface area contributed by atoms with E-state index in [0.29, 0.717) is 5.92 Å². The van der Waals surface area contributed by atoms with Crippen LogP contribution in [0.15, 0.2) is 48.6 Å². The molecule has 43 heavy (non-hydrogen) atoms. The van der Waals surface area contributed by atoms with Crippen molar-refractivity contribution in [3.8, 4) is 0 Å². The van der Waals surface area contributed by atoms with Crippen LogP contribution in [0.3, 0.4) is 0 Å². The highest BCUT2D eigenvalue weighted by Gasteiger charge is 2.36. The second-order valence-corrected chi connectivity index (χ2v) is 13.2. The Bertz CT molecular complexity index is 906. The highest BCUT2D eigenvalue weighted by atomic mass is 32.2.